The summed E-state index contributed by atoms with van der Waals surface area (Å²) in [5.41, 5.74) is 1.28. The molecular formula is C16H12F2N2O2. The van der Waals surface area contributed by atoms with Crippen LogP contribution in [0.3, 0.4) is 0 Å². The Morgan fingerprint density at radius 3 is 2.50 bits per heavy atom. The van der Waals surface area contributed by atoms with Crippen molar-refractivity contribution in [2.75, 3.05) is 0 Å². The average molecular weight is 302 g/mol. The summed E-state index contributed by atoms with van der Waals surface area (Å²) >= 11 is 0. The molecule has 1 amide bonds. The molecule has 0 aliphatic rings. The van der Waals surface area contributed by atoms with Crippen molar-refractivity contribution in [3.63, 3.8) is 0 Å². The van der Waals surface area contributed by atoms with Gasteiger partial charge in [-0.05, 0) is 30.3 Å². The van der Waals surface area contributed by atoms with E-state index in [1.165, 1.54) is 30.3 Å². The van der Waals surface area contributed by atoms with E-state index in [1.807, 2.05) is 6.07 Å². The van der Waals surface area contributed by atoms with Gasteiger partial charge in [0.25, 0.3) is 5.91 Å². The van der Waals surface area contributed by atoms with E-state index in [2.05, 4.69) is 10.1 Å². The van der Waals surface area contributed by atoms with Crippen molar-refractivity contribution >= 4 is 5.91 Å². The zero-order chi connectivity index (χ0) is 15.9. The summed E-state index contributed by atoms with van der Waals surface area (Å²) in [4.78, 5) is 12.0. The fourth-order valence-corrected chi connectivity index (χ4v) is 1.83. The van der Waals surface area contributed by atoms with Gasteiger partial charge >= 0.3 is 6.61 Å². The molecule has 0 aromatic heterocycles. The van der Waals surface area contributed by atoms with E-state index in [4.69, 9.17) is 5.26 Å². The molecule has 0 bridgehead atoms. The van der Waals surface area contributed by atoms with Gasteiger partial charge < -0.3 is 10.1 Å². The lowest BCUT2D eigenvalue weighted by molar-refractivity contribution is -0.0504. The number of halogens is 2. The Balaban J connectivity index is 2.03. The maximum Gasteiger partial charge on any atom is 0.387 e. The summed E-state index contributed by atoms with van der Waals surface area (Å²) in [6.07, 6.45) is 0. The lowest BCUT2D eigenvalue weighted by Gasteiger charge is -2.11. The van der Waals surface area contributed by atoms with Crippen molar-refractivity contribution in [1.82, 2.24) is 5.32 Å². The Bertz CT molecular complexity index is 694. The normalized spacial score (nSPS) is 10.1. The monoisotopic (exact) mass is 302 g/mol. The van der Waals surface area contributed by atoms with Crippen LogP contribution in [0.2, 0.25) is 0 Å². The predicted octanol–water partition coefficient (Wildman–Crippen LogP) is 3.09. The largest absolute Gasteiger partial charge is 0.434 e. The number of alkyl halides is 2. The first-order chi connectivity index (χ1) is 10.6. The molecule has 0 unspecified atom stereocenters. The number of para-hydroxylation sites is 1. The lowest BCUT2D eigenvalue weighted by Crippen LogP contribution is -2.23. The Morgan fingerprint density at radius 1 is 1.18 bits per heavy atom. The first kappa shape index (κ1) is 15.4. The molecule has 0 fully saturated rings. The molecule has 0 spiro atoms. The third-order valence-corrected chi connectivity index (χ3v) is 2.90. The maximum atomic E-state index is 12.3. The van der Waals surface area contributed by atoms with Gasteiger partial charge in [0.2, 0.25) is 0 Å². The minimum absolute atomic E-state index is 0.0256. The molecule has 22 heavy (non-hydrogen) atoms. The van der Waals surface area contributed by atoms with Crippen LogP contribution >= 0.6 is 0 Å². The van der Waals surface area contributed by atoms with Crippen LogP contribution in [0.4, 0.5) is 8.78 Å². The Morgan fingerprint density at radius 2 is 1.86 bits per heavy atom. The van der Waals surface area contributed by atoms with Gasteiger partial charge in [-0.2, -0.15) is 14.0 Å². The summed E-state index contributed by atoms with van der Waals surface area (Å²) in [5, 5.41) is 11.3. The number of ether oxygens (including phenoxy) is 1. The number of nitrogens with zero attached hydrogens (tertiary/aromatic N) is 1. The zero-order valence-electron chi connectivity index (χ0n) is 11.4. The highest BCUT2D eigenvalue weighted by atomic mass is 19.3. The summed E-state index contributed by atoms with van der Waals surface area (Å²) in [6, 6.07) is 14.3. The second-order valence-corrected chi connectivity index (χ2v) is 4.36. The van der Waals surface area contributed by atoms with Crippen LogP contribution < -0.4 is 10.1 Å². The van der Waals surface area contributed by atoms with Gasteiger partial charge in [0.05, 0.1) is 11.6 Å². The summed E-state index contributed by atoms with van der Waals surface area (Å²) in [6.45, 7) is -2.86. The average Bonchev–Trinajstić information content (AvgIpc) is 2.53. The van der Waals surface area contributed by atoms with E-state index < -0.39 is 6.61 Å². The molecule has 0 heterocycles. The Kier molecular flexibility index (Phi) is 5.04. The van der Waals surface area contributed by atoms with E-state index in [0.29, 0.717) is 16.7 Å². The van der Waals surface area contributed by atoms with Crippen molar-refractivity contribution in [3.8, 4) is 11.8 Å². The van der Waals surface area contributed by atoms with Gasteiger partial charge in [0, 0.05) is 17.7 Å². The van der Waals surface area contributed by atoms with E-state index in [-0.39, 0.29) is 18.2 Å². The highest BCUT2D eigenvalue weighted by Crippen LogP contribution is 2.20. The van der Waals surface area contributed by atoms with Crippen molar-refractivity contribution in [3.05, 3.63) is 65.2 Å². The predicted molar refractivity (Wildman–Crippen MR) is 75.4 cm³/mol. The molecule has 0 saturated heterocycles. The van der Waals surface area contributed by atoms with Crippen molar-refractivity contribution in [2.45, 2.75) is 13.2 Å². The van der Waals surface area contributed by atoms with E-state index >= 15 is 0 Å². The molecule has 0 radical (unpaired) electrons. The van der Waals surface area contributed by atoms with Gasteiger partial charge in [-0.15, -0.1) is 0 Å². The van der Waals surface area contributed by atoms with Crippen LogP contribution in [0, 0.1) is 11.3 Å². The number of carbonyl (C=O) groups is 1. The molecule has 1 N–H and O–H groups in total. The standard InChI is InChI=1S/C16H12F2N2O2/c17-16(18)22-14-4-2-1-3-13(14)10-20-15(21)12-7-5-11(9-19)6-8-12/h1-8,16H,10H2,(H,20,21). The van der Waals surface area contributed by atoms with E-state index in [9.17, 15) is 13.6 Å². The second kappa shape index (κ2) is 7.18. The number of nitriles is 1. The molecule has 2 rings (SSSR count). The molecule has 0 aliphatic heterocycles. The van der Waals surface area contributed by atoms with Crippen LogP contribution in [0.25, 0.3) is 0 Å². The topological polar surface area (TPSA) is 62.1 Å². The molecule has 0 aliphatic carbocycles. The van der Waals surface area contributed by atoms with Gasteiger partial charge in [-0.25, -0.2) is 0 Å². The molecule has 0 saturated carbocycles. The first-order valence-electron chi connectivity index (χ1n) is 6.41. The number of carbonyl (C=O) groups excluding carboxylic acids is 1. The molecule has 0 atom stereocenters. The number of hydrogen-bond acceptors (Lipinski definition) is 3. The van der Waals surface area contributed by atoms with Crippen LogP contribution in [0.5, 0.6) is 5.75 Å². The van der Waals surface area contributed by atoms with Crippen LogP contribution in [-0.2, 0) is 6.54 Å². The molecule has 2 aromatic carbocycles. The fraction of sp³-hybridized carbons (Fsp3) is 0.125. The SMILES string of the molecule is N#Cc1ccc(C(=O)NCc2ccccc2OC(F)F)cc1. The molecule has 4 nitrogen and oxygen atoms in total. The zero-order valence-corrected chi connectivity index (χ0v) is 11.4. The van der Waals surface area contributed by atoms with E-state index in [0.717, 1.165) is 0 Å². The Hall–Kier alpha value is -2.94. The van der Waals surface area contributed by atoms with Crippen LogP contribution in [0.15, 0.2) is 48.5 Å². The highest BCUT2D eigenvalue weighted by Gasteiger charge is 2.11. The molecule has 112 valence electrons. The van der Waals surface area contributed by atoms with E-state index in [1.54, 1.807) is 18.2 Å². The minimum Gasteiger partial charge on any atom is -0.434 e. The maximum absolute atomic E-state index is 12.3. The number of benzene rings is 2. The molecule has 6 heteroatoms. The third-order valence-electron chi connectivity index (χ3n) is 2.90. The summed E-state index contributed by atoms with van der Waals surface area (Å²) in [5.74, 6) is -0.339. The number of hydrogen-bond donors (Lipinski definition) is 1. The quantitative estimate of drug-likeness (QED) is 0.923. The first-order valence-corrected chi connectivity index (χ1v) is 6.41. The second-order valence-electron chi connectivity index (χ2n) is 4.36. The smallest absolute Gasteiger partial charge is 0.387 e. The van der Waals surface area contributed by atoms with Crippen molar-refractivity contribution in [2.24, 2.45) is 0 Å². The van der Waals surface area contributed by atoms with Gasteiger partial charge in [-0.3, -0.25) is 4.79 Å². The molecule has 2 aromatic rings. The summed E-state index contributed by atoms with van der Waals surface area (Å²) in [7, 11) is 0. The number of amides is 1. The molecular weight excluding hydrogens is 290 g/mol. The number of rotatable bonds is 5. The van der Waals surface area contributed by atoms with Crippen molar-refractivity contribution in [1.29, 1.82) is 5.26 Å². The minimum atomic E-state index is -2.92. The third kappa shape index (κ3) is 4.03. The van der Waals surface area contributed by atoms with Crippen LogP contribution in [-0.4, -0.2) is 12.5 Å². The fourth-order valence-electron chi connectivity index (χ4n) is 1.83. The highest BCUT2D eigenvalue weighted by molar-refractivity contribution is 5.94. The van der Waals surface area contributed by atoms with Gasteiger partial charge in [-0.1, -0.05) is 18.2 Å². The van der Waals surface area contributed by atoms with Crippen LogP contribution in [0.1, 0.15) is 21.5 Å². The van der Waals surface area contributed by atoms with Gasteiger partial charge in [0.1, 0.15) is 5.75 Å². The van der Waals surface area contributed by atoms with Crippen molar-refractivity contribution < 1.29 is 18.3 Å². The number of nitrogens with one attached hydrogen (secondary N) is 1. The Labute approximate surface area is 125 Å². The lowest BCUT2D eigenvalue weighted by atomic mass is 10.1. The summed E-state index contributed by atoms with van der Waals surface area (Å²) < 4.78 is 29.0. The van der Waals surface area contributed by atoms with Gasteiger partial charge in [0.15, 0.2) is 0 Å².